The summed E-state index contributed by atoms with van der Waals surface area (Å²) in [6, 6.07) is 8.31. The largest absolute Gasteiger partial charge is 0.0884 e. The lowest BCUT2D eigenvalue weighted by Gasteiger charge is -2.26. The quantitative estimate of drug-likeness (QED) is 0.682. The molecule has 2 saturated carbocycles. The maximum absolute atomic E-state index is 5.92. The van der Waals surface area contributed by atoms with Crippen LogP contribution in [0.15, 0.2) is 24.3 Å². The van der Waals surface area contributed by atoms with Gasteiger partial charge in [0, 0.05) is 9.85 Å². The van der Waals surface area contributed by atoms with Crippen molar-refractivity contribution in [1.29, 1.82) is 0 Å². The Morgan fingerprint density at radius 1 is 1.18 bits per heavy atom. The van der Waals surface area contributed by atoms with Gasteiger partial charge in [0.25, 0.3) is 0 Å². The summed E-state index contributed by atoms with van der Waals surface area (Å²) in [6.45, 7) is 0. The molecule has 4 unspecified atom stereocenters. The highest BCUT2D eigenvalue weighted by Gasteiger charge is 2.42. The van der Waals surface area contributed by atoms with Gasteiger partial charge in [-0.2, -0.15) is 0 Å². The van der Waals surface area contributed by atoms with Gasteiger partial charge in [-0.05, 0) is 61.1 Å². The molecule has 3 rings (SSSR count). The minimum Gasteiger partial charge on any atom is -0.0884 e. The fraction of sp³-hybridized carbons (Fsp3) is 0.600. The highest BCUT2D eigenvalue weighted by atomic mass is 79.9. The van der Waals surface area contributed by atoms with E-state index in [4.69, 9.17) is 11.6 Å². The third-order valence-electron chi connectivity index (χ3n) is 4.60. The Balaban J connectivity index is 1.63. The van der Waals surface area contributed by atoms with Gasteiger partial charge >= 0.3 is 0 Å². The summed E-state index contributed by atoms with van der Waals surface area (Å²) in [6.07, 6.45) is 7.05. The van der Waals surface area contributed by atoms with E-state index in [1.54, 1.807) is 0 Å². The fourth-order valence-corrected chi connectivity index (χ4v) is 4.88. The van der Waals surface area contributed by atoms with Crippen LogP contribution in [0.25, 0.3) is 0 Å². The van der Waals surface area contributed by atoms with E-state index >= 15 is 0 Å². The van der Waals surface area contributed by atoms with Crippen LogP contribution in [0.4, 0.5) is 0 Å². The van der Waals surface area contributed by atoms with Crippen LogP contribution in [-0.2, 0) is 6.42 Å². The Morgan fingerprint density at radius 2 is 1.94 bits per heavy atom. The SMILES string of the molecule is Clc1ccc(CC(Br)C2CC3CCC2C3)cc1. The van der Waals surface area contributed by atoms with Crippen molar-refractivity contribution >= 4 is 27.5 Å². The molecule has 2 aliphatic carbocycles. The molecule has 0 heterocycles. The predicted octanol–water partition coefficient (Wildman–Crippen LogP) is 5.08. The molecule has 2 aliphatic rings. The summed E-state index contributed by atoms with van der Waals surface area (Å²) >= 11 is 9.84. The molecule has 0 spiro atoms. The van der Waals surface area contributed by atoms with Crippen molar-refractivity contribution in [3.63, 3.8) is 0 Å². The van der Waals surface area contributed by atoms with Crippen molar-refractivity contribution in [3.8, 4) is 0 Å². The molecule has 0 saturated heterocycles. The van der Waals surface area contributed by atoms with Crippen LogP contribution in [0.3, 0.4) is 0 Å². The molecule has 1 aromatic carbocycles. The molecule has 2 bridgehead atoms. The maximum Gasteiger partial charge on any atom is 0.0406 e. The second-order valence-electron chi connectivity index (χ2n) is 5.69. The van der Waals surface area contributed by atoms with Crippen LogP contribution in [0.2, 0.25) is 5.02 Å². The average Bonchev–Trinajstić information content (AvgIpc) is 2.94. The second-order valence-corrected chi connectivity index (χ2v) is 7.30. The molecule has 2 fully saturated rings. The smallest absolute Gasteiger partial charge is 0.0406 e. The van der Waals surface area contributed by atoms with Gasteiger partial charge < -0.3 is 0 Å². The molecule has 1 aromatic rings. The molecule has 2 heteroatoms. The predicted molar refractivity (Wildman–Crippen MR) is 76.8 cm³/mol. The van der Waals surface area contributed by atoms with E-state index in [0.29, 0.717) is 4.83 Å². The topological polar surface area (TPSA) is 0 Å². The molecule has 0 radical (unpaired) electrons. The van der Waals surface area contributed by atoms with Crippen molar-refractivity contribution in [3.05, 3.63) is 34.9 Å². The Kier molecular flexibility index (Phi) is 3.49. The summed E-state index contributed by atoms with van der Waals surface area (Å²) in [5.74, 6) is 2.94. The van der Waals surface area contributed by atoms with E-state index in [-0.39, 0.29) is 0 Å². The van der Waals surface area contributed by atoms with E-state index in [9.17, 15) is 0 Å². The molecular weight excluding hydrogens is 296 g/mol. The number of hydrogen-bond donors (Lipinski definition) is 0. The van der Waals surface area contributed by atoms with E-state index in [1.165, 1.54) is 31.2 Å². The summed E-state index contributed by atoms with van der Waals surface area (Å²) in [5.41, 5.74) is 1.40. The van der Waals surface area contributed by atoms with Crippen molar-refractivity contribution in [2.75, 3.05) is 0 Å². The second kappa shape index (κ2) is 4.93. The van der Waals surface area contributed by atoms with Crippen LogP contribution < -0.4 is 0 Å². The highest BCUT2D eigenvalue weighted by molar-refractivity contribution is 9.09. The van der Waals surface area contributed by atoms with Gasteiger partial charge in [-0.25, -0.2) is 0 Å². The summed E-state index contributed by atoms with van der Waals surface area (Å²) in [5, 5.41) is 0.833. The van der Waals surface area contributed by atoms with E-state index in [2.05, 4.69) is 28.1 Å². The number of benzene rings is 1. The van der Waals surface area contributed by atoms with Crippen molar-refractivity contribution in [2.45, 2.75) is 36.9 Å². The first kappa shape index (κ1) is 12.0. The zero-order valence-electron chi connectivity index (χ0n) is 9.91. The summed E-state index contributed by atoms with van der Waals surface area (Å²) in [4.78, 5) is 0.652. The Labute approximate surface area is 117 Å². The lowest BCUT2D eigenvalue weighted by atomic mass is 9.84. The Hall–Kier alpha value is -0.0100. The lowest BCUT2D eigenvalue weighted by Crippen LogP contribution is -2.22. The first-order valence-corrected chi connectivity index (χ1v) is 7.90. The first-order chi connectivity index (χ1) is 8.22. The number of fused-ring (bicyclic) bond motifs is 2. The zero-order chi connectivity index (χ0) is 11.8. The molecule has 0 nitrogen and oxygen atoms in total. The van der Waals surface area contributed by atoms with E-state index in [1.807, 2.05) is 12.1 Å². The van der Waals surface area contributed by atoms with Gasteiger partial charge in [0.1, 0.15) is 0 Å². The lowest BCUT2D eigenvalue weighted by molar-refractivity contribution is 0.326. The van der Waals surface area contributed by atoms with Crippen molar-refractivity contribution in [2.24, 2.45) is 17.8 Å². The van der Waals surface area contributed by atoms with Gasteiger partial charge in [-0.3, -0.25) is 0 Å². The molecule has 0 aromatic heterocycles. The Morgan fingerprint density at radius 3 is 2.53 bits per heavy atom. The molecule has 4 atom stereocenters. The minimum absolute atomic E-state index is 0.652. The summed E-state index contributed by atoms with van der Waals surface area (Å²) in [7, 11) is 0. The first-order valence-electron chi connectivity index (χ1n) is 6.61. The number of alkyl halides is 1. The number of rotatable bonds is 3. The Bertz CT molecular complexity index is 386. The molecule has 92 valence electrons. The van der Waals surface area contributed by atoms with E-state index < -0.39 is 0 Å². The monoisotopic (exact) mass is 312 g/mol. The molecule has 0 aliphatic heterocycles. The van der Waals surface area contributed by atoms with Gasteiger partial charge in [-0.1, -0.05) is 46.1 Å². The highest BCUT2D eigenvalue weighted by Crippen LogP contribution is 2.51. The zero-order valence-corrected chi connectivity index (χ0v) is 12.3. The van der Waals surface area contributed by atoms with Gasteiger partial charge in [0.2, 0.25) is 0 Å². The normalized spacial score (nSPS) is 32.9. The summed E-state index contributed by atoms with van der Waals surface area (Å²) < 4.78 is 0. The van der Waals surface area contributed by atoms with Crippen LogP contribution in [0, 0.1) is 17.8 Å². The van der Waals surface area contributed by atoms with Gasteiger partial charge in [0.05, 0.1) is 0 Å². The molecule has 17 heavy (non-hydrogen) atoms. The number of hydrogen-bond acceptors (Lipinski definition) is 0. The van der Waals surface area contributed by atoms with Crippen molar-refractivity contribution < 1.29 is 0 Å². The van der Waals surface area contributed by atoms with E-state index in [0.717, 1.165) is 29.2 Å². The third kappa shape index (κ3) is 2.56. The molecule has 0 amide bonds. The molecular formula is C15H18BrCl. The van der Waals surface area contributed by atoms with Crippen LogP contribution in [0.1, 0.15) is 31.2 Å². The van der Waals surface area contributed by atoms with Gasteiger partial charge in [-0.15, -0.1) is 0 Å². The van der Waals surface area contributed by atoms with Crippen LogP contribution >= 0.6 is 27.5 Å². The van der Waals surface area contributed by atoms with Crippen LogP contribution in [0.5, 0.6) is 0 Å². The number of halogens is 2. The molecule has 0 N–H and O–H groups in total. The fourth-order valence-electron chi connectivity index (χ4n) is 3.73. The standard InChI is InChI=1S/C15H18BrCl/c16-15(9-10-2-5-13(17)6-3-10)14-8-11-1-4-12(14)7-11/h2-3,5-6,11-12,14-15H,1,4,7-9H2. The maximum atomic E-state index is 5.92. The van der Waals surface area contributed by atoms with Gasteiger partial charge in [0.15, 0.2) is 0 Å². The minimum atomic E-state index is 0.652. The van der Waals surface area contributed by atoms with Crippen molar-refractivity contribution in [1.82, 2.24) is 0 Å². The third-order valence-corrected chi connectivity index (χ3v) is 5.86. The average molecular weight is 314 g/mol. The van der Waals surface area contributed by atoms with Crippen LogP contribution in [-0.4, -0.2) is 4.83 Å².